The van der Waals surface area contributed by atoms with Crippen LogP contribution in [0.1, 0.15) is 5.56 Å². The summed E-state index contributed by atoms with van der Waals surface area (Å²) in [6, 6.07) is 9.18. The van der Waals surface area contributed by atoms with E-state index in [4.69, 9.17) is 0 Å². The second kappa shape index (κ2) is 5.70. The summed E-state index contributed by atoms with van der Waals surface area (Å²) in [7, 11) is 0. The van der Waals surface area contributed by atoms with Gasteiger partial charge in [-0.3, -0.25) is 4.98 Å². The third-order valence-corrected chi connectivity index (χ3v) is 3.98. The Balaban J connectivity index is 1.95. The Bertz CT molecular complexity index is 1040. The van der Waals surface area contributed by atoms with E-state index in [1.54, 1.807) is 24.7 Å². The lowest BCUT2D eigenvalue weighted by molar-refractivity contribution is -0.137. The minimum Gasteiger partial charge on any atom is -0.360 e. The Labute approximate surface area is 140 Å². The molecule has 124 valence electrons. The van der Waals surface area contributed by atoms with Crippen molar-refractivity contribution in [3.8, 4) is 22.4 Å². The lowest BCUT2D eigenvalue weighted by Gasteiger charge is -2.10. The molecule has 0 saturated heterocycles. The summed E-state index contributed by atoms with van der Waals surface area (Å²) < 4.78 is 39.9. The van der Waals surface area contributed by atoms with Crippen molar-refractivity contribution in [2.24, 2.45) is 0 Å². The molecule has 4 rings (SSSR count). The number of halogens is 3. The first-order valence-electron chi connectivity index (χ1n) is 7.44. The quantitative estimate of drug-likeness (QED) is 0.575. The van der Waals surface area contributed by atoms with Gasteiger partial charge in [-0.15, -0.1) is 0 Å². The molecule has 25 heavy (non-hydrogen) atoms. The van der Waals surface area contributed by atoms with E-state index < -0.39 is 11.7 Å². The highest BCUT2D eigenvalue weighted by Crippen LogP contribution is 2.39. The van der Waals surface area contributed by atoms with Crippen molar-refractivity contribution in [1.29, 1.82) is 0 Å². The Kier molecular flexibility index (Phi) is 3.49. The normalized spacial score (nSPS) is 11.8. The number of hydrogen-bond donors (Lipinski definition) is 1. The van der Waals surface area contributed by atoms with E-state index in [1.807, 2.05) is 24.3 Å². The third kappa shape index (κ3) is 2.63. The van der Waals surface area contributed by atoms with Crippen LogP contribution in [0.4, 0.5) is 13.2 Å². The maximum Gasteiger partial charge on any atom is 0.419 e. The van der Waals surface area contributed by atoms with Crippen LogP contribution in [0.25, 0.3) is 33.3 Å². The maximum absolute atomic E-state index is 13.3. The zero-order valence-corrected chi connectivity index (χ0v) is 12.7. The molecule has 0 bridgehead atoms. The van der Waals surface area contributed by atoms with Crippen LogP contribution in [-0.2, 0) is 6.18 Å². The molecule has 0 amide bonds. The van der Waals surface area contributed by atoms with Gasteiger partial charge in [0, 0.05) is 41.3 Å². The predicted molar refractivity (Wildman–Crippen MR) is 87.6 cm³/mol. The van der Waals surface area contributed by atoms with Crippen LogP contribution in [0.3, 0.4) is 0 Å². The summed E-state index contributed by atoms with van der Waals surface area (Å²) in [6.07, 6.45) is 2.29. The van der Waals surface area contributed by atoms with Crippen molar-refractivity contribution in [3.05, 3.63) is 67.0 Å². The van der Waals surface area contributed by atoms with Crippen LogP contribution in [-0.4, -0.2) is 19.9 Å². The molecule has 0 spiro atoms. The molecule has 0 fully saturated rings. The van der Waals surface area contributed by atoms with Gasteiger partial charge < -0.3 is 4.98 Å². The molecule has 4 nitrogen and oxygen atoms in total. The molecule has 0 aliphatic rings. The number of pyridine rings is 1. The van der Waals surface area contributed by atoms with Crippen LogP contribution in [0.2, 0.25) is 0 Å². The highest BCUT2D eigenvalue weighted by molar-refractivity contribution is 6.02. The summed E-state index contributed by atoms with van der Waals surface area (Å²) in [4.78, 5) is 14.5. The van der Waals surface area contributed by atoms with Gasteiger partial charge in [-0.25, -0.2) is 9.97 Å². The summed E-state index contributed by atoms with van der Waals surface area (Å²) in [5.41, 5.74) is 1.95. The average molecular weight is 340 g/mol. The first-order valence-corrected chi connectivity index (χ1v) is 7.44. The third-order valence-electron chi connectivity index (χ3n) is 3.98. The number of aromatic nitrogens is 4. The van der Waals surface area contributed by atoms with Crippen molar-refractivity contribution in [3.63, 3.8) is 0 Å². The second-order valence-electron chi connectivity index (χ2n) is 5.45. The molecule has 7 heteroatoms. The van der Waals surface area contributed by atoms with E-state index >= 15 is 0 Å². The highest BCUT2D eigenvalue weighted by Gasteiger charge is 2.35. The number of nitrogens with zero attached hydrogens (tertiary/aromatic N) is 3. The van der Waals surface area contributed by atoms with Crippen molar-refractivity contribution >= 4 is 10.9 Å². The molecule has 0 aliphatic heterocycles. The van der Waals surface area contributed by atoms with E-state index in [9.17, 15) is 13.2 Å². The van der Waals surface area contributed by atoms with Crippen molar-refractivity contribution in [2.45, 2.75) is 6.18 Å². The molecule has 1 N–H and O–H groups in total. The Morgan fingerprint density at radius 1 is 0.920 bits per heavy atom. The molecule has 0 unspecified atom stereocenters. The number of hydrogen-bond acceptors (Lipinski definition) is 3. The van der Waals surface area contributed by atoms with Gasteiger partial charge in [0.2, 0.25) is 0 Å². The standard InChI is InChI=1S/C18H11F3N4/c19-18(20,21)15-9-23-10-25-17(15)14-8-24-16-12(2-1-3-13(14)16)11-4-6-22-7-5-11/h1-10,24H. The minimum atomic E-state index is -4.52. The minimum absolute atomic E-state index is 0.138. The van der Waals surface area contributed by atoms with Gasteiger partial charge in [0.05, 0.1) is 11.2 Å². The van der Waals surface area contributed by atoms with Gasteiger partial charge in [-0.05, 0) is 17.7 Å². The van der Waals surface area contributed by atoms with Crippen molar-refractivity contribution < 1.29 is 13.2 Å². The Morgan fingerprint density at radius 2 is 1.72 bits per heavy atom. The molecule has 0 radical (unpaired) electrons. The van der Waals surface area contributed by atoms with Gasteiger partial charge in [0.25, 0.3) is 0 Å². The number of alkyl halides is 3. The number of aromatic amines is 1. The first-order chi connectivity index (χ1) is 12.1. The monoisotopic (exact) mass is 340 g/mol. The van der Waals surface area contributed by atoms with E-state index in [0.717, 1.165) is 29.2 Å². The van der Waals surface area contributed by atoms with Crippen LogP contribution < -0.4 is 0 Å². The van der Waals surface area contributed by atoms with Gasteiger partial charge in [-0.2, -0.15) is 13.2 Å². The van der Waals surface area contributed by atoms with Crippen LogP contribution >= 0.6 is 0 Å². The smallest absolute Gasteiger partial charge is 0.360 e. The fraction of sp³-hybridized carbons (Fsp3) is 0.0556. The fourth-order valence-electron chi connectivity index (χ4n) is 2.87. The van der Waals surface area contributed by atoms with Crippen LogP contribution in [0.5, 0.6) is 0 Å². The van der Waals surface area contributed by atoms with Crippen molar-refractivity contribution in [2.75, 3.05) is 0 Å². The number of fused-ring (bicyclic) bond motifs is 1. The summed E-state index contributed by atoms with van der Waals surface area (Å²) in [5, 5.41) is 0.665. The molecular weight excluding hydrogens is 329 g/mol. The van der Waals surface area contributed by atoms with Crippen LogP contribution in [0, 0.1) is 0 Å². The largest absolute Gasteiger partial charge is 0.419 e. The SMILES string of the molecule is FC(F)(F)c1cncnc1-c1c[nH]c2c(-c3ccncc3)cccc12. The topological polar surface area (TPSA) is 54.5 Å². The molecule has 0 saturated carbocycles. The second-order valence-corrected chi connectivity index (χ2v) is 5.45. The molecule has 1 aromatic carbocycles. The number of benzene rings is 1. The van der Waals surface area contributed by atoms with Gasteiger partial charge in [-0.1, -0.05) is 18.2 Å². The lowest BCUT2D eigenvalue weighted by Crippen LogP contribution is -2.08. The lowest BCUT2D eigenvalue weighted by atomic mass is 10.0. The van der Waals surface area contributed by atoms with Gasteiger partial charge >= 0.3 is 6.18 Å². The fourth-order valence-corrected chi connectivity index (χ4v) is 2.87. The molecule has 3 heterocycles. The maximum atomic E-state index is 13.3. The van der Waals surface area contributed by atoms with Gasteiger partial charge in [0.15, 0.2) is 0 Å². The number of para-hydroxylation sites is 1. The molecule has 3 aromatic heterocycles. The highest BCUT2D eigenvalue weighted by atomic mass is 19.4. The first kappa shape index (κ1) is 15.3. The molecule has 0 atom stereocenters. The van der Waals surface area contributed by atoms with E-state index in [1.165, 1.54) is 0 Å². The summed E-state index contributed by atoms with van der Waals surface area (Å²) in [5.74, 6) is 0. The molecule has 0 aliphatic carbocycles. The Morgan fingerprint density at radius 3 is 2.48 bits per heavy atom. The average Bonchev–Trinajstić information content (AvgIpc) is 3.06. The zero-order chi connectivity index (χ0) is 17.4. The van der Waals surface area contributed by atoms with E-state index in [2.05, 4.69) is 19.9 Å². The number of H-pyrrole nitrogens is 1. The van der Waals surface area contributed by atoms with Crippen molar-refractivity contribution in [1.82, 2.24) is 19.9 Å². The van der Waals surface area contributed by atoms with Crippen LogP contribution in [0.15, 0.2) is 61.4 Å². The Hall–Kier alpha value is -3.22. The number of nitrogens with one attached hydrogen (secondary N) is 1. The summed E-state index contributed by atoms with van der Waals surface area (Å²) in [6.45, 7) is 0. The molecular formula is C18H11F3N4. The van der Waals surface area contributed by atoms with E-state index in [-0.39, 0.29) is 5.69 Å². The number of rotatable bonds is 2. The predicted octanol–water partition coefficient (Wildman–Crippen LogP) is 4.71. The molecule has 4 aromatic rings. The van der Waals surface area contributed by atoms with Gasteiger partial charge in [0.1, 0.15) is 11.9 Å². The van der Waals surface area contributed by atoms with E-state index in [0.29, 0.717) is 10.9 Å². The zero-order valence-electron chi connectivity index (χ0n) is 12.7. The summed E-state index contributed by atoms with van der Waals surface area (Å²) >= 11 is 0.